The van der Waals surface area contributed by atoms with Crippen LogP contribution in [0.1, 0.15) is 311 Å². The molecular weight excluding hydrogens is 1140 g/mol. The Morgan fingerprint density at radius 3 is 1.05 bits per heavy atom. The van der Waals surface area contributed by atoms with Gasteiger partial charge in [0.15, 0.2) is 12.2 Å². The first-order valence-corrected chi connectivity index (χ1v) is 37.3. The van der Waals surface area contributed by atoms with Gasteiger partial charge in [0.1, 0.15) is 19.3 Å². The summed E-state index contributed by atoms with van der Waals surface area (Å²) >= 11 is 0. The van der Waals surface area contributed by atoms with Gasteiger partial charge in [-0.25, -0.2) is 9.13 Å². The van der Waals surface area contributed by atoms with Crippen LogP contribution in [0.4, 0.5) is 0 Å². The van der Waals surface area contributed by atoms with E-state index in [9.17, 15) is 43.2 Å². The van der Waals surface area contributed by atoms with E-state index in [1.807, 2.05) is 0 Å². The largest absolute Gasteiger partial charge is 0.472 e. The summed E-state index contributed by atoms with van der Waals surface area (Å²) in [5, 5.41) is 10.6. The van der Waals surface area contributed by atoms with Crippen LogP contribution in [0.3, 0.4) is 0 Å². The molecule has 0 fully saturated rings. The molecule has 0 spiro atoms. The van der Waals surface area contributed by atoms with Crippen molar-refractivity contribution in [2.45, 2.75) is 330 Å². The topological polar surface area (TPSA) is 237 Å². The zero-order valence-electron chi connectivity index (χ0n) is 55.1. The summed E-state index contributed by atoms with van der Waals surface area (Å²) in [6, 6.07) is 0. The van der Waals surface area contributed by atoms with Crippen molar-refractivity contribution in [1.82, 2.24) is 0 Å². The highest BCUT2D eigenvalue weighted by atomic mass is 31.2. The van der Waals surface area contributed by atoms with Gasteiger partial charge in [-0.05, 0) is 63.2 Å². The molecule has 0 aliphatic carbocycles. The molecule has 0 aliphatic rings. The van der Waals surface area contributed by atoms with Gasteiger partial charge >= 0.3 is 39.5 Å². The molecule has 0 amide bonds. The summed E-state index contributed by atoms with van der Waals surface area (Å²) in [5.41, 5.74) is 0. The van der Waals surface area contributed by atoms with Crippen LogP contribution in [-0.2, 0) is 65.4 Å². The minimum absolute atomic E-state index is 0.0841. The molecule has 86 heavy (non-hydrogen) atoms. The lowest BCUT2D eigenvalue weighted by atomic mass is 10.00. The molecule has 3 unspecified atom stereocenters. The van der Waals surface area contributed by atoms with Crippen LogP contribution in [0, 0.1) is 11.8 Å². The van der Waals surface area contributed by atoms with E-state index >= 15 is 0 Å². The number of rotatable bonds is 64. The molecule has 0 heterocycles. The third kappa shape index (κ3) is 59.2. The molecule has 506 valence electrons. The first-order valence-electron chi connectivity index (χ1n) is 34.3. The van der Waals surface area contributed by atoms with Gasteiger partial charge in [-0.1, -0.05) is 258 Å². The average Bonchev–Trinajstić information content (AvgIpc) is 3.69. The number of aliphatic hydroxyl groups excluding tert-OH is 1. The van der Waals surface area contributed by atoms with Gasteiger partial charge in [-0.15, -0.1) is 0 Å². The second-order valence-corrected chi connectivity index (χ2v) is 27.1. The highest BCUT2D eigenvalue weighted by molar-refractivity contribution is 7.47. The lowest BCUT2D eigenvalue weighted by Gasteiger charge is -2.21. The molecule has 0 bridgehead atoms. The Bertz CT molecular complexity index is 1780. The molecule has 0 saturated carbocycles. The van der Waals surface area contributed by atoms with Crippen molar-refractivity contribution >= 4 is 39.5 Å². The van der Waals surface area contributed by atoms with Gasteiger partial charge in [-0.2, -0.15) is 0 Å². The molecule has 17 nitrogen and oxygen atoms in total. The number of ether oxygens (including phenoxy) is 4. The Hall–Kier alpha value is -2.46. The Labute approximate surface area is 522 Å². The maximum absolute atomic E-state index is 13.0. The molecule has 19 heteroatoms. The quantitative estimate of drug-likeness (QED) is 0.0169. The summed E-state index contributed by atoms with van der Waals surface area (Å²) in [4.78, 5) is 72.3. The van der Waals surface area contributed by atoms with Gasteiger partial charge in [0.05, 0.1) is 26.4 Å². The summed E-state index contributed by atoms with van der Waals surface area (Å²) < 4.78 is 68.0. The van der Waals surface area contributed by atoms with Crippen LogP contribution in [0.25, 0.3) is 0 Å². The summed E-state index contributed by atoms with van der Waals surface area (Å²) in [6.07, 6.45) is 45.3. The van der Waals surface area contributed by atoms with Gasteiger partial charge < -0.3 is 33.8 Å². The van der Waals surface area contributed by atoms with E-state index in [0.29, 0.717) is 25.7 Å². The fourth-order valence-electron chi connectivity index (χ4n) is 9.49. The van der Waals surface area contributed by atoms with Crippen LogP contribution in [0.15, 0.2) is 24.3 Å². The summed E-state index contributed by atoms with van der Waals surface area (Å²) in [5.74, 6) is -0.722. The van der Waals surface area contributed by atoms with Crippen LogP contribution in [0.5, 0.6) is 0 Å². The first kappa shape index (κ1) is 83.5. The number of hydrogen-bond donors (Lipinski definition) is 3. The van der Waals surface area contributed by atoms with E-state index < -0.39 is 97.5 Å². The number of allylic oxidation sites excluding steroid dienone is 4. The maximum atomic E-state index is 13.0. The molecular formula is C67H126O17P2. The highest BCUT2D eigenvalue weighted by Crippen LogP contribution is 2.45. The van der Waals surface area contributed by atoms with Crippen LogP contribution in [0.2, 0.25) is 0 Å². The number of esters is 4. The third-order valence-electron chi connectivity index (χ3n) is 15.2. The van der Waals surface area contributed by atoms with E-state index in [-0.39, 0.29) is 25.7 Å². The van der Waals surface area contributed by atoms with E-state index in [2.05, 4.69) is 65.8 Å². The van der Waals surface area contributed by atoms with Gasteiger partial charge in [0.25, 0.3) is 0 Å². The van der Waals surface area contributed by atoms with E-state index in [0.717, 1.165) is 121 Å². The second-order valence-electron chi connectivity index (χ2n) is 24.2. The predicted molar refractivity (Wildman–Crippen MR) is 344 cm³/mol. The summed E-state index contributed by atoms with van der Waals surface area (Å²) in [7, 11) is -9.91. The fraction of sp³-hybridized carbons (Fsp3) is 0.881. The van der Waals surface area contributed by atoms with Crippen LogP contribution < -0.4 is 0 Å². The predicted octanol–water partition coefficient (Wildman–Crippen LogP) is 18.4. The smallest absolute Gasteiger partial charge is 0.462 e. The Morgan fingerprint density at radius 2 is 0.686 bits per heavy atom. The van der Waals surface area contributed by atoms with E-state index in [4.69, 9.17) is 37.0 Å². The highest BCUT2D eigenvalue weighted by Gasteiger charge is 2.30. The minimum Gasteiger partial charge on any atom is -0.462 e. The molecule has 0 saturated heterocycles. The number of unbranched alkanes of at least 4 members (excludes halogenated alkanes) is 30. The molecule has 6 atom stereocenters. The number of aliphatic hydroxyl groups is 1. The van der Waals surface area contributed by atoms with E-state index in [1.54, 1.807) is 0 Å². The van der Waals surface area contributed by atoms with Gasteiger partial charge in [0, 0.05) is 25.7 Å². The third-order valence-corrected chi connectivity index (χ3v) is 17.1. The minimum atomic E-state index is -4.96. The fourth-order valence-corrected chi connectivity index (χ4v) is 11.1. The first-order chi connectivity index (χ1) is 41.4. The maximum Gasteiger partial charge on any atom is 0.472 e. The summed E-state index contributed by atoms with van der Waals surface area (Å²) in [6.45, 7) is 9.36. The molecule has 0 rings (SSSR count). The van der Waals surface area contributed by atoms with Crippen molar-refractivity contribution in [3.05, 3.63) is 24.3 Å². The van der Waals surface area contributed by atoms with Crippen molar-refractivity contribution in [3.63, 3.8) is 0 Å². The number of phosphoric ester groups is 2. The molecule has 0 aromatic carbocycles. The molecule has 0 radical (unpaired) electrons. The number of phosphoric acid groups is 2. The standard InChI is InChI=1S/C67H126O17P2/c1-7-10-12-14-16-18-20-21-22-23-24-26-32-39-45-51-66(71)83-62(55-78-65(70)50-44-38-31-28-27-29-35-41-47-59(4)5)57-81-85(73,74)79-53-61(68)54-80-86(75,76)82-58-63(84-67(72)52-46-40-34-33-36-42-48-60(6)9-3)56-77-64(69)49-43-37-30-25-19-17-15-13-11-8-2/h18,20-22,59-63,68H,7-17,19,23-58H2,1-6H3,(H,73,74)(H,75,76)/b20-18-,22-21-/t60?,61-,62-,63-/m1/s1. The Balaban J connectivity index is 5.28. The lowest BCUT2D eigenvalue weighted by Crippen LogP contribution is -2.30. The zero-order valence-corrected chi connectivity index (χ0v) is 56.9. The monoisotopic (exact) mass is 1260 g/mol. The molecule has 0 aliphatic heterocycles. The Kier molecular flexibility index (Phi) is 57.2. The van der Waals surface area contributed by atoms with Crippen molar-refractivity contribution < 1.29 is 80.2 Å². The molecule has 3 N–H and O–H groups in total. The SMILES string of the molecule is CCCCCC/C=C\C=C/CCCCCCCC(=O)O[C@H](COC(=O)CCCCCCCCCCC(C)C)COP(=O)(O)OC[C@@H](O)COP(=O)(O)OC[C@@H](COC(=O)CCCCCCCCCCCC)OC(=O)CCCCCCCCC(C)CC. The van der Waals surface area contributed by atoms with E-state index in [1.165, 1.54) is 109 Å². The zero-order chi connectivity index (χ0) is 63.6. The number of carbonyl (C=O) groups excluding carboxylic acids is 4. The van der Waals surface area contributed by atoms with Gasteiger partial charge in [0.2, 0.25) is 0 Å². The van der Waals surface area contributed by atoms with Gasteiger partial charge in [-0.3, -0.25) is 37.3 Å². The molecule has 0 aromatic heterocycles. The Morgan fingerprint density at radius 1 is 0.384 bits per heavy atom. The van der Waals surface area contributed by atoms with Crippen LogP contribution >= 0.6 is 15.6 Å². The van der Waals surface area contributed by atoms with Crippen molar-refractivity contribution in [1.29, 1.82) is 0 Å². The lowest BCUT2D eigenvalue weighted by molar-refractivity contribution is -0.161. The van der Waals surface area contributed by atoms with Crippen LogP contribution in [-0.4, -0.2) is 96.7 Å². The normalized spacial score (nSPS) is 14.7. The second kappa shape index (κ2) is 58.9. The molecule has 0 aromatic rings. The average molecular weight is 1270 g/mol. The number of hydrogen-bond acceptors (Lipinski definition) is 15. The van der Waals surface area contributed by atoms with Crippen molar-refractivity contribution in [2.75, 3.05) is 39.6 Å². The van der Waals surface area contributed by atoms with Crippen molar-refractivity contribution in [3.8, 4) is 0 Å². The van der Waals surface area contributed by atoms with Crippen molar-refractivity contribution in [2.24, 2.45) is 11.8 Å². The number of carbonyl (C=O) groups is 4.